The van der Waals surface area contributed by atoms with Crippen LogP contribution < -0.4 is 14.4 Å². The first kappa shape index (κ1) is 18.6. The zero-order chi connectivity index (χ0) is 18.5. The number of thiazole rings is 1. The van der Waals surface area contributed by atoms with Crippen LogP contribution >= 0.6 is 11.3 Å². The number of hydrogen-bond acceptors (Lipinski definition) is 5. The average Bonchev–Trinajstić information content (AvgIpc) is 3.25. The first-order chi connectivity index (χ1) is 12.7. The molecule has 0 atom stereocenters. The van der Waals surface area contributed by atoms with Gasteiger partial charge < -0.3 is 14.4 Å². The molecule has 0 fully saturated rings. The standard InChI is InChI=1S/C20H27N3O2S/c1-5-7-8-11-22(6-2)19-13-23-17(14-26-20(23)21-19)16-12-15(24-3)9-10-18(16)25-4/h9-10,12-14H,5-8,11H2,1-4H3. The van der Waals surface area contributed by atoms with Crippen LogP contribution in [0.1, 0.15) is 33.1 Å². The predicted molar refractivity (Wildman–Crippen MR) is 109 cm³/mol. The van der Waals surface area contributed by atoms with Crippen molar-refractivity contribution in [3.63, 3.8) is 0 Å². The van der Waals surface area contributed by atoms with E-state index in [1.165, 1.54) is 19.3 Å². The van der Waals surface area contributed by atoms with Gasteiger partial charge in [0.15, 0.2) is 4.96 Å². The molecule has 26 heavy (non-hydrogen) atoms. The van der Waals surface area contributed by atoms with E-state index in [2.05, 4.69) is 34.7 Å². The topological polar surface area (TPSA) is 39.0 Å². The molecular formula is C20H27N3O2S. The summed E-state index contributed by atoms with van der Waals surface area (Å²) in [5.74, 6) is 2.69. The maximum absolute atomic E-state index is 5.56. The summed E-state index contributed by atoms with van der Waals surface area (Å²) in [5, 5.41) is 2.12. The zero-order valence-corrected chi connectivity index (χ0v) is 16.8. The van der Waals surface area contributed by atoms with Crippen LogP contribution in [-0.2, 0) is 0 Å². The summed E-state index contributed by atoms with van der Waals surface area (Å²) in [6.45, 7) is 6.43. The summed E-state index contributed by atoms with van der Waals surface area (Å²) in [5.41, 5.74) is 2.08. The molecule has 0 saturated carbocycles. The van der Waals surface area contributed by atoms with Crippen molar-refractivity contribution in [1.29, 1.82) is 0 Å². The Bertz CT molecular complexity index is 856. The van der Waals surface area contributed by atoms with Gasteiger partial charge in [-0.3, -0.25) is 4.40 Å². The van der Waals surface area contributed by atoms with Gasteiger partial charge in [-0.2, -0.15) is 0 Å². The smallest absolute Gasteiger partial charge is 0.196 e. The Hall–Kier alpha value is -2.21. The predicted octanol–water partition coefficient (Wildman–Crippen LogP) is 5.10. The molecule has 5 nitrogen and oxygen atoms in total. The summed E-state index contributed by atoms with van der Waals surface area (Å²) in [7, 11) is 3.38. The Morgan fingerprint density at radius 2 is 2.00 bits per heavy atom. The minimum absolute atomic E-state index is 0.815. The van der Waals surface area contributed by atoms with Gasteiger partial charge >= 0.3 is 0 Å². The highest BCUT2D eigenvalue weighted by molar-refractivity contribution is 7.15. The van der Waals surface area contributed by atoms with Gasteiger partial charge in [0.05, 0.1) is 26.1 Å². The first-order valence-electron chi connectivity index (χ1n) is 9.15. The summed E-state index contributed by atoms with van der Waals surface area (Å²) in [6, 6.07) is 5.87. The summed E-state index contributed by atoms with van der Waals surface area (Å²) in [4.78, 5) is 8.19. The number of imidazole rings is 1. The second-order valence-electron chi connectivity index (χ2n) is 6.23. The third kappa shape index (κ3) is 3.65. The van der Waals surface area contributed by atoms with Crippen molar-refractivity contribution in [2.24, 2.45) is 0 Å². The van der Waals surface area contributed by atoms with Gasteiger partial charge in [-0.1, -0.05) is 19.8 Å². The number of fused-ring (bicyclic) bond motifs is 1. The highest BCUT2D eigenvalue weighted by Gasteiger charge is 2.16. The summed E-state index contributed by atoms with van der Waals surface area (Å²) in [6.07, 6.45) is 5.82. The van der Waals surface area contributed by atoms with Gasteiger partial charge in [-0.25, -0.2) is 4.98 Å². The number of hydrogen-bond donors (Lipinski definition) is 0. The van der Waals surface area contributed by atoms with E-state index in [0.717, 1.165) is 46.6 Å². The maximum Gasteiger partial charge on any atom is 0.196 e. The van der Waals surface area contributed by atoms with Gasteiger partial charge in [0.25, 0.3) is 0 Å². The van der Waals surface area contributed by atoms with E-state index >= 15 is 0 Å². The molecule has 3 rings (SSSR count). The van der Waals surface area contributed by atoms with Crippen LogP contribution in [0.25, 0.3) is 16.2 Å². The molecule has 0 unspecified atom stereocenters. The molecular weight excluding hydrogens is 346 g/mol. The van der Waals surface area contributed by atoms with Gasteiger partial charge in [0.1, 0.15) is 17.3 Å². The van der Waals surface area contributed by atoms with E-state index in [9.17, 15) is 0 Å². The lowest BCUT2D eigenvalue weighted by atomic mass is 10.1. The molecule has 0 spiro atoms. The Balaban J connectivity index is 1.98. The van der Waals surface area contributed by atoms with E-state index in [4.69, 9.17) is 14.5 Å². The van der Waals surface area contributed by atoms with Gasteiger partial charge in [-0.05, 0) is 31.5 Å². The van der Waals surface area contributed by atoms with Crippen molar-refractivity contribution >= 4 is 22.1 Å². The molecule has 0 saturated heterocycles. The fourth-order valence-corrected chi connectivity index (χ4v) is 3.99. The number of anilines is 1. The normalized spacial score (nSPS) is 11.1. The number of ether oxygens (including phenoxy) is 2. The zero-order valence-electron chi connectivity index (χ0n) is 16.0. The monoisotopic (exact) mass is 373 g/mol. The van der Waals surface area contributed by atoms with E-state index in [-0.39, 0.29) is 0 Å². The Morgan fingerprint density at radius 1 is 1.15 bits per heavy atom. The lowest BCUT2D eigenvalue weighted by molar-refractivity contribution is 0.404. The number of methoxy groups -OCH3 is 2. The van der Waals surface area contributed by atoms with E-state index in [0.29, 0.717) is 0 Å². The van der Waals surface area contributed by atoms with Crippen molar-refractivity contribution in [3.8, 4) is 22.8 Å². The number of benzene rings is 1. The average molecular weight is 374 g/mol. The third-order valence-electron chi connectivity index (χ3n) is 4.62. The molecule has 1 aromatic carbocycles. The minimum atomic E-state index is 0.815. The number of rotatable bonds is 9. The number of unbranched alkanes of at least 4 members (excludes halogenated alkanes) is 2. The quantitative estimate of drug-likeness (QED) is 0.489. The highest BCUT2D eigenvalue weighted by atomic mass is 32.1. The number of aromatic nitrogens is 2. The molecule has 6 heteroatoms. The van der Waals surface area contributed by atoms with Crippen LogP contribution in [0.3, 0.4) is 0 Å². The fraction of sp³-hybridized carbons (Fsp3) is 0.450. The highest BCUT2D eigenvalue weighted by Crippen LogP contribution is 2.36. The lowest BCUT2D eigenvalue weighted by Gasteiger charge is -2.19. The van der Waals surface area contributed by atoms with Crippen molar-refractivity contribution < 1.29 is 9.47 Å². The molecule has 0 N–H and O–H groups in total. The molecule has 2 heterocycles. The van der Waals surface area contributed by atoms with Crippen LogP contribution in [-0.4, -0.2) is 36.7 Å². The minimum Gasteiger partial charge on any atom is -0.497 e. The van der Waals surface area contributed by atoms with Crippen molar-refractivity contribution in [1.82, 2.24) is 9.38 Å². The third-order valence-corrected chi connectivity index (χ3v) is 5.46. The second-order valence-corrected chi connectivity index (χ2v) is 7.06. The molecule has 0 bridgehead atoms. The molecule has 0 amide bonds. The van der Waals surface area contributed by atoms with Crippen molar-refractivity contribution in [2.45, 2.75) is 33.1 Å². The summed E-state index contributed by atoms with van der Waals surface area (Å²) >= 11 is 1.65. The molecule has 140 valence electrons. The van der Waals surface area contributed by atoms with E-state index < -0.39 is 0 Å². The van der Waals surface area contributed by atoms with Crippen LogP contribution in [0.2, 0.25) is 0 Å². The fourth-order valence-electron chi connectivity index (χ4n) is 3.12. The summed E-state index contributed by atoms with van der Waals surface area (Å²) < 4.78 is 13.1. The van der Waals surface area contributed by atoms with Crippen LogP contribution in [0.4, 0.5) is 5.82 Å². The van der Waals surface area contributed by atoms with Crippen LogP contribution in [0.15, 0.2) is 29.8 Å². The van der Waals surface area contributed by atoms with Crippen molar-refractivity contribution in [3.05, 3.63) is 29.8 Å². The van der Waals surface area contributed by atoms with Crippen molar-refractivity contribution in [2.75, 3.05) is 32.2 Å². The molecule has 0 aliphatic rings. The van der Waals surface area contributed by atoms with E-state index in [1.807, 2.05) is 18.2 Å². The molecule has 0 radical (unpaired) electrons. The van der Waals surface area contributed by atoms with Gasteiger partial charge in [0, 0.05) is 24.0 Å². The molecule has 2 aromatic heterocycles. The molecule has 3 aromatic rings. The Kier molecular flexibility index (Phi) is 6.04. The molecule has 0 aliphatic carbocycles. The van der Waals surface area contributed by atoms with E-state index in [1.54, 1.807) is 25.6 Å². The largest absolute Gasteiger partial charge is 0.497 e. The SMILES string of the molecule is CCCCCN(CC)c1cn2c(-c3cc(OC)ccc3OC)csc2n1. The first-order valence-corrected chi connectivity index (χ1v) is 10.0. The molecule has 0 aliphatic heterocycles. The van der Waals surface area contributed by atoms with Gasteiger partial charge in [0.2, 0.25) is 0 Å². The lowest BCUT2D eigenvalue weighted by Crippen LogP contribution is -2.24. The maximum atomic E-state index is 5.56. The Labute approximate surface area is 159 Å². The van der Waals surface area contributed by atoms with Crippen LogP contribution in [0.5, 0.6) is 11.5 Å². The second kappa shape index (κ2) is 8.45. The number of nitrogens with zero attached hydrogens (tertiary/aromatic N) is 3. The Morgan fingerprint density at radius 3 is 2.69 bits per heavy atom. The van der Waals surface area contributed by atoms with Gasteiger partial charge in [-0.15, -0.1) is 11.3 Å². The van der Waals surface area contributed by atoms with Crippen LogP contribution in [0, 0.1) is 0 Å².